The molecule has 8 heteroatoms. The molecule has 0 fully saturated rings. The number of rotatable bonds is 12. The Morgan fingerprint density at radius 1 is 0.944 bits per heavy atom. The maximum Gasteiger partial charge on any atom is 0.247 e. The van der Waals surface area contributed by atoms with Crippen molar-refractivity contribution in [2.75, 3.05) is 25.6 Å². The average Bonchev–Trinajstić information content (AvgIpc) is 2.89. The Kier molecular flexibility index (Phi) is 10.1. The minimum absolute atomic E-state index is 0.0351. The van der Waals surface area contributed by atoms with Crippen molar-refractivity contribution in [2.24, 2.45) is 0 Å². The third-order valence-corrected chi connectivity index (χ3v) is 5.57. The molecular formula is C28H32N4O4. The second-order valence-corrected chi connectivity index (χ2v) is 8.37. The molecule has 2 aromatic carbocycles. The number of hydrogen-bond acceptors (Lipinski definition) is 5. The number of ether oxygens (including phenoxy) is 1. The van der Waals surface area contributed by atoms with Gasteiger partial charge < -0.3 is 20.3 Å². The van der Waals surface area contributed by atoms with E-state index in [1.807, 2.05) is 61.5 Å². The first-order valence-electron chi connectivity index (χ1n) is 11.9. The molecule has 1 atom stereocenters. The van der Waals surface area contributed by atoms with Crippen LogP contribution in [0.3, 0.4) is 0 Å². The summed E-state index contributed by atoms with van der Waals surface area (Å²) in [6.07, 6.45) is 1.49. The Morgan fingerprint density at radius 2 is 1.67 bits per heavy atom. The van der Waals surface area contributed by atoms with Gasteiger partial charge in [-0.05, 0) is 30.2 Å². The Hall–Kier alpha value is -4.04. The van der Waals surface area contributed by atoms with Gasteiger partial charge in [-0.3, -0.25) is 14.4 Å². The fraction of sp³-hybridized carbons (Fsp3) is 0.286. The summed E-state index contributed by atoms with van der Waals surface area (Å²) in [5, 5.41) is 5.57. The van der Waals surface area contributed by atoms with Crippen LogP contribution in [0.2, 0.25) is 0 Å². The molecule has 0 bridgehead atoms. The number of aromatic nitrogens is 1. The predicted molar refractivity (Wildman–Crippen MR) is 138 cm³/mol. The van der Waals surface area contributed by atoms with Gasteiger partial charge >= 0.3 is 0 Å². The number of methoxy groups -OCH3 is 1. The van der Waals surface area contributed by atoms with Gasteiger partial charge in [-0.2, -0.15) is 0 Å². The number of carbonyl (C=O) groups excluding carboxylic acids is 3. The highest BCUT2D eigenvalue weighted by atomic mass is 16.5. The Morgan fingerprint density at radius 3 is 2.33 bits per heavy atom. The first-order valence-corrected chi connectivity index (χ1v) is 11.9. The summed E-state index contributed by atoms with van der Waals surface area (Å²) in [6, 6.07) is 21.4. The molecule has 2 N–H and O–H groups in total. The number of amides is 3. The largest absolute Gasteiger partial charge is 0.383 e. The molecule has 0 aliphatic carbocycles. The molecule has 188 valence electrons. The van der Waals surface area contributed by atoms with Gasteiger partial charge in [0.1, 0.15) is 11.9 Å². The molecule has 1 heterocycles. The minimum Gasteiger partial charge on any atom is -0.383 e. The zero-order valence-corrected chi connectivity index (χ0v) is 20.6. The van der Waals surface area contributed by atoms with Crippen molar-refractivity contribution in [1.82, 2.24) is 15.2 Å². The van der Waals surface area contributed by atoms with Crippen LogP contribution in [0, 0.1) is 6.92 Å². The zero-order chi connectivity index (χ0) is 25.8. The maximum atomic E-state index is 13.5. The molecule has 8 nitrogen and oxygen atoms in total. The standard InChI is InChI=1S/C28H32N4O4/c1-21-11-13-23(14-12-21)27(28(35)30-18-19-36-2)32(20-22-8-4-3-5-9-22)26(34)16-15-25(33)31-24-10-6-7-17-29-24/h3-14,17,27H,15-16,18-20H2,1-2H3,(H,30,35)(H,29,31,33)/t27-/m1/s1. The number of anilines is 1. The summed E-state index contributed by atoms with van der Waals surface area (Å²) in [4.78, 5) is 45.0. The zero-order valence-electron chi connectivity index (χ0n) is 20.6. The molecule has 3 amide bonds. The quantitative estimate of drug-likeness (QED) is 0.379. The van der Waals surface area contributed by atoms with Crippen LogP contribution in [0.1, 0.15) is 35.6 Å². The fourth-order valence-electron chi connectivity index (χ4n) is 3.70. The Labute approximate surface area is 211 Å². The predicted octanol–water partition coefficient (Wildman–Crippen LogP) is 3.64. The number of aryl methyl sites for hydroxylation is 1. The first kappa shape index (κ1) is 26.6. The normalized spacial score (nSPS) is 11.4. The van der Waals surface area contributed by atoms with Crippen LogP contribution in [0.4, 0.5) is 5.82 Å². The number of nitrogens with zero attached hydrogens (tertiary/aromatic N) is 2. The van der Waals surface area contributed by atoms with Crippen molar-refractivity contribution in [3.63, 3.8) is 0 Å². The van der Waals surface area contributed by atoms with Crippen molar-refractivity contribution < 1.29 is 19.1 Å². The molecule has 1 aromatic heterocycles. The van der Waals surface area contributed by atoms with Gasteiger partial charge in [0.15, 0.2) is 0 Å². The summed E-state index contributed by atoms with van der Waals surface area (Å²) in [5.74, 6) is -0.509. The number of nitrogens with one attached hydrogen (secondary N) is 2. The second kappa shape index (κ2) is 13.7. The lowest BCUT2D eigenvalue weighted by Gasteiger charge is -2.32. The molecule has 0 aliphatic rings. The Bertz CT molecular complexity index is 1120. The molecule has 0 unspecified atom stereocenters. The van der Waals surface area contributed by atoms with E-state index in [1.165, 1.54) is 4.90 Å². The number of carbonyl (C=O) groups is 3. The summed E-state index contributed by atoms with van der Waals surface area (Å²) in [7, 11) is 1.56. The molecule has 0 saturated heterocycles. The molecule has 0 saturated carbocycles. The highest BCUT2D eigenvalue weighted by Crippen LogP contribution is 2.25. The number of hydrogen-bond donors (Lipinski definition) is 2. The third kappa shape index (κ3) is 8.02. The lowest BCUT2D eigenvalue weighted by atomic mass is 10.0. The van der Waals surface area contributed by atoms with Crippen LogP contribution in [-0.2, 0) is 25.7 Å². The number of pyridine rings is 1. The van der Waals surface area contributed by atoms with Gasteiger partial charge in [-0.1, -0.05) is 66.2 Å². The van der Waals surface area contributed by atoms with E-state index < -0.39 is 6.04 Å². The van der Waals surface area contributed by atoms with E-state index in [0.717, 1.165) is 11.1 Å². The van der Waals surface area contributed by atoms with Gasteiger partial charge in [0.25, 0.3) is 0 Å². The summed E-state index contributed by atoms with van der Waals surface area (Å²) in [6.45, 7) is 2.85. The van der Waals surface area contributed by atoms with Crippen molar-refractivity contribution in [2.45, 2.75) is 32.4 Å². The maximum absolute atomic E-state index is 13.5. The highest BCUT2D eigenvalue weighted by Gasteiger charge is 2.31. The topological polar surface area (TPSA) is 101 Å². The molecule has 0 radical (unpaired) electrons. The third-order valence-electron chi connectivity index (χ3n) is 5.57. The van der Waals surface area contributed by atoms with E-state index in [2.05, 4.69) is 15.6 Å². The monoisotopic (exact) mass is 488 g/mol. The van der Waals surface area contributed by atoms with E-state index in [1.54, 1.807) is 31.5 Å². The van der Waals surface area contributed by atoms with Crippen molar-refractivity contribution in [1.29, 1.82) is 0 Å². The van der Waals surface area contributed by atoms with Crippen LogP contribution in [0.5, 0.6) is 0 Å². The summed E-state index contributed by atoms with van der Waals surface area (Å²) >= 11 is 0. The molecule has 3 aromatic rings. The van der Waals surface area contributed by atoms with E-state index in [-0.39, 0.29) is 37.1 Å². The van der Waals surface area contributed by atoms with Crippen LogP contribution in [-0.4, -0.2) is 47.9 Å². The van der Waals surface area contributed by atoms with Crippen LogP contribution in [0.15, 0.2) is 79.0 Å². The van der Waals surface area contributed by atoms with Crippen LogP contribution in [0.25, 0.3) is 0 Å². The molecule has 0 aliphatic heterocycles. The van der Waals surface area contributed by atoms with Crippen molar-refractivity contribution in [3.05, 3.63) is 95.7 Å². The average molecular weight is 489 g/mol. The lowest BCUT2D eigenvalue weighted by molar-refractivity contribution is -0.142. The van der Waals surface area contributed by atoms with Gasteiger partial charge in [-0.15, -0.1) is 0 Å². The molecule has 36 heavy (non-hydrogen) atoms. The van der Waals surface area contributed by atoms with Gasteiger partial charge in [0, 0.05) is 39.2 Å². The highest BCUT2D eigenvalue weighted by molar-refractivity contribution is 5.94. The SMILES string of the molecule is COCCNC(=O)[C@@H](c1ccc(C)cc1)N(Cc1ccccc1)C(=O)CCC(=O)Nc1ccccn1. The van der Waals surface area contributed by atoms with E-state index in [4.69, 9.17) is 4.74 Å². The smallest absolute Gasteiger partial charge is 0.247 e. The minimum atomic E-state index is -0.867. The Balaban J connectivity index is 1.84. The molecule has 0 spiro atoms. The summed E-state index contributed by atoms with van der Waals surface area (Å²) in [5.41, 5.74) is 2.62. The van der Waals surface area contributed by atoms with Gasteiger partial charge in [0.2, 0.25) is 17.7 Å². The molecule has 3 rings (SSSR count). The van der Waals surface area contributed by atoms with Gasteiger partial charge in [-0.25, -0.2) is 4.98 Å². The van der Waals surface area contributed by atoms with E-state index in [0.29, 0.717) is 24.5 Å². The van der Waals surface area contributed by atoms with E-state index >= 15 is 0 Å². The molecular weight excluding hydrogens is 456 g/mol. The van der Waals surface area contributed by atoms with Crippen LogP contribution >= 0.6 is 0 Å². The van der Waals surface area contributed by atoms with E-state index in [9.17, 15) is 14.4 Å². The van der Waals surface area contributed by atoms with Crippen molar-refractivity contribution >= 4 is 23.5 Å². The van der Waals surface area contributed by atoms with Crippen LogP contribution < -0.4 is 10.6 Å². The second-order valence-electron chi connectivity index (χ2n) is 8.37. The summed E-state index contributed by atoms with van der Waals surface area (Å²) < 4.78 is 5.07. The lowest BCUT2D eigenvalue weighted by Crippen LogP contribution is -2.44. The first-order chi connectivity index (χ1) is 17.5. The van der Waals surface area contributed by atoms with Crippen molar-refractivity contribution in [3.8, 4) is 0 Å². The fourth-order valence-corrected chi connectivity index (χ4v) is 3.70. The van der Waals surface area contributed by atoms with Gasteiger partial charge in [0.05, 0.1) is 6.61 Å². The number of benzene rings is 2.